The maximum Gasteiger partial charge on any atom is 0.251 e. The Morgan fingerprint density at radius 2 is 1.91 bits per heavy atom. The number of anilines is 1. The van der Waals surface area contributed by atoms with Crippen molar-refractivity contribution in [3.05, 3.63) is 66.5 Å². The fourth-order valence-corrected chi connectivity index (χ4v) is 4.00. The van der Waals surface area contributed by atoms with E-state index in [1.54, 1.807) is 42.0 Å². The number of carbonyl (C=O) groups excluding carboxylic acids is 1. The molecule has 5 heterocycles. The second kappa shape index (κ2) is 8.31. The largest absolute Gasteiger partial charge is 0.356 e. The lowest BCUT2D eigenvalue weighted by Crippen LogP contribution is -2.39. The van der Waals surface area contributed by atoms with Crippen LogP contribution in [-0.4, -0.2) is 49.3 Å². The van der Waals surface area contributed by atoms with Gasteiger partial charge in [0.15, 0.2) is 5.78 Å². The number of hydrogen-bond donors (Lipinski definition) is 0. The van der Waals surface area contributed by atoms with Crippen LogP contribution in [0.1, 0.15) is 28.9 Å². The zero-order chi connectivity index (χ0) is 23.0. The Morgan fingerprint density at radius 3 is 2.67 bits per heavy atom. The van der Waals surface area contributed by atoms with Crippen LogP contribution in [-0.2, 0) is 13.5 Å². The van der Waals surface area contributed by atoms with Gasteiger partial charge in [-0.3, -0.25) is 9.78 Å². The SMILES string of the molecule is Cn1cncc1-c1ccc2cnc(CC(=O)c3ccnc(N4CCC(F)(F)CC4)c3)cc2n1. The second-order valence-electron chi connectivity index (χ2n) is 8.30. The molecule has 0 bridgehead atoms. The molecule has 0 atom stereocenters. The number of alkyl halides is 2. The molecule has 1 aliphatic heterocycles. The van der Waals surface area contributed by atoms with Crippen molar-refractivity contribution < 1.29 is 13.6 Å². The molecule has 1 fully saturated rings. The van der Waals surface area contributed by atoms with Crippen LogP contribution in [0.25, 0.3) is 22.3 Å². The number of piperidine rings is 1. The molecule has 4 aromatic rings. The Bertz CT molecular complexity index is 1330. The molecule has 7 nitrogen and oxygen atoms in total. The van der Waals surface area contributed by atoms with Crippen LogP contribution < -0.4 is 4.90 Å². The first kappa shape index (κ1) is 21.1. The van der Waals surface area contributed by atoms with Crippen molar-refractivity contribution in [3.8, 4) is 11.4 Å². The summed E-state index contributed by atoms with van der Waals surface area (Å²) in [7, 11) is 1.91. The molecule has 0 unspecified atom stereocenters. The highest BCUT2D eigenvalue weighted by Crippen LogP contribution is 2.30. The average Bonchev–Trinajstić information content (AvgIpc) is 3.24. The number of aromatic nitrogens is 5. The van der Waals surface area contributed by atoms with Crippen molar-refractivity contribution in [3.63, 3.8) is 0 Å². The summed E-state index contributed by atoms with van der Waals surface area (Å²) >= 11 is 0. The van der Waals surface area contributed by atoms with Crippen LogP contribution in [0.4, 0.5) is 14.6 Å². The van der Waals surface area contributed by atoms with Crippen LogP contribution in [0.5, 0.6) is 0 Å². The van der Waals surface area contributed by atoms with Crippen molar-refractivity contribution in [1.82, 2.24) is 24.5 Å². The number of imidazole rings is 1. The maximum atomic E-state index is 13.5. The van der Waals surface area contributed by atoms with Gasteiger partial charge in [-0.15, -0.1) is 0 Å². The standard InChI is InChI=1S/C24H22F2N6O/c1-31-15-27-14-21(31)19-3-2-17-13-29-18(11-20(17)30-19)12-22(33)16-4-7-28-23(10-16)32-8-5-24(25,26)6-9-32/h2-4,7,10-11,13-15H,5-6,8-9,12H2,1H3. The van der Waals surface area contributed by atoms with Crippen LogP contribution in [0.15, 0.2) is 55.2 Å². The first-order valence-electron chi connectivity index (χ1n) is 10.7. The van der Waals surface area contributed by atoms with Gasteiger partial charge in [0.05, 0.1) is 41.5 Å². The van der Waals surface area contributed by atoms with Crippen LogP contribution in [0, 0.1) is 0 Å². The number of aryl methyl sites for hydroxylation is 1. The molecule has 0 aliphatic carbocycles. The molecule has 4 aromatic heterocycles. The Kier molecular flexibility index (Phi) is 5.32. The van der Waals surface area contributed by atoms with Crippen molar-refractivity contribution >= 4 is 22.5 Å². The number of ketones is 1. The van der Waals surface area contributed by atoms with E-state index in [9.17, 15) is 13.6 Å². The van der Waals surface area contributed by atoms with Crippen molar-refractivity contribution in [2.24, 2.45) is 7.05 Å². The number of rotatable bonds is 5. The normalized spacial score (nSPS) is 15.7. The third kappa shape index (κ3) is 4.44. The summed E-state index contributed by atoms with van der Waals surface area (Å²) < 4.78 is 28.8. The summed E-state index contributed by atoms with van der Waals surface area (Å²) in [5.41, 5.74) is 3.52. The van der Waals surface area contributed by atoms with E-state index >= 15 is 0 Å². The maximum absolute atomic E-state index is 13.5. The number of halogens is 2. The van der Waals surface area contributed by atoms with E-state index < -0.39 is 5.92 Å². The lowest BCUT2D eigenvalue weighted by Gasteiger charge is -2.32. The zero-order valence-electron chi connectivity index (χ0n) is 18.1. The Balaban J connectivity index is 1.35. The molecular weight excluding hydrogens is 426 g/mol. The van der Waals surface area contributed by atoms with Crippen molar-refractivity contribution in [1.29, 1.82) is 0 Å². The summed E-state index contributed by atoms with van der Waals surface area (Å²) in [6, 6.07) is 9.00. The zero-order valence-corrected chi connectivity index (χ0v) is 18.1. The molecule has 1 aliphatic rings. The number of carbonyl (C=O) groups is 1. The Hall–Kier alpha value is -3.75. The minimum absolute atomic E-state index is 0.106. The Morgan fingerprint density at radius 1 is 1.09 bits per heavy atom. The Labute approximate surface area is 189 Å². The predicted octanol–water partition coefficient (Wildman–Crippen LogP) is 4.09. The van der Waals surface area contributed by atoms with Crippen LogP contribution in [0.3, 0.4) is 0 Å². The first-order chi connectivity index (χ1) is 15.9. The van der Waals surface area contributed by atoms with Crippen molar-refractivity contribution in [2.75, 3.05) is 18.0 Å². The molecule has 0 radical (unpaired) electrons. The lowest BCUT2D eigenvalue weighted by atomic mass is 10.0. The molecule has 0 aromatic carbocycles. The van der Waals surface area contributed by atoms with Gasteiger partial charge in [0.2, 0.25) is 0 Å². The summed E-state index contributed by atoms with van der Waals surface area (Å²) in [4.78, 5) is 32.3. The van der Waals surface area contributed by atoms with Gasteiger partial charge in [0.25, 0.3) is 5.92 Å². The molecule has 5 rings (SSSR count). The highest BCUT2D eigenvalue weighted by molar-refractivity contribution is 5.98. The highest BCUT2D eigenvalue weighted by Gasteiger charge is 2.34. The summed E-state index contributed by atoms with van der Waals surface area (Å²) in [6.45, 7) is 0.434. The molecule has 0 saturated carbocycles. The second-order valence-corrected chi connectivity index (χ2v) is 8.30. The summed E-state index contributed by atoms with van der Waals surface area (Å²) in [5, 5.41) is 0.880. The van der Waals surface area contributed by atoms with Gasteiger partial charge >= 0.3 is 0 Å². The van der Waals surface area contributed by atoms with E-state index in [1.165, 1.54) is 0 Å². The van der Waals surface area contributed by atoms with Crippen molar-refractivity contribution in [2.45, 2.75) is 25.2 Å². The number of fused-ring (bicyclic) bond motifs is 1. The summed E-state index contributed by atoms with van der Waals surface area (Å²) in [6.07, 6.45) is 6.42. The van der Waals surface area contributed by atoms with Gasteiger partial charge in [-0.25, -0.2) is 23.7 Å². The van der Waals surface area contributed by atoms with E-state index in [0.29, 0.717) is 17.1 Å². The quantitative estimate of drug-likeness (QED) is 0.428. The smallest absolute Gasteiger partial charge is 0.251 e. The molecule has 0 spiro atoms. The van der Waals surface area contributed by atoms with Gasteiger partial charge < -0.3 is 9.47 Å². The highest BCUT2D eigenvalue weighted by atomic mass is 19.3. The third-order valence-electron chi connectivity index (χ3n) is 5.94. The number of Topliss-reactive ketones (excluding diaryl/α,β-unsaturated/α-hetero) is 1. The average molecular weight is 448 g/mol. The van der Waals surface area contributed by atoms with Gasteiger partial charge in [0, 0.05) is 56.3 Å². The van der Waals surface area contributed by atoms with Gasteiger partial charge in [-0.1, -0.05) is 0 Å². The first-order valence-corrected chi connectivity index (χ1v) is 10.7. The molecule has 0 amide bonds. The van der Waals surface area contributed by atoms with E-state index in [1.807, 2.05) is 29.8 Å². The van der Waals surface area contributed by atoms with Crippen LogP contribution >= 0.6 is 0 Å². The molecule has 9 heteroatoms. The van der Waals surface area contributed by atoms with E-state index in [-0.39, 0.29) is 38.1 Å². The number of hydrogen-bond acceptors (Lipinski definition) is 6. The molecular formula is C24H22F2N6O. The summed E-state index contributed by atoms with van der Waals surface area (Å²) in [5.74, 6) is -2.20. The van der Waals surface area contributed by atoms with Gasteiger partial charge in [-0.2, -0.15) is 0 Å². The minimum atomic E-state index is -2.63. The fourth-order valence-electron chi connectivity index (χ4n) is 4.00. The lowest BCUT2D eigenvalue weighted by molar-refractivity contribution is -0.0221. The number of nitrogens with zero attached hydrogens (tertiary/aromatic N) is 6. The van der Waals surface area contributed by atoms with Crippen LogP contribution in [0.2, 0.25) is 0 Å². The molecule has 0 N–H and O–H groups in total. The minimum Gasteiger partial charge on any atom is -0.356 e. The topological polar surface area (TPSA) is 76.8 Å². The predicted molar refractivity (Wildman–Crippen MR) is 120 cm³/mol. The fraction of sp³-hybridized carbons (Fsp3) is 0.292. The van der Waals surface area contributed by atoms with E-state index in [0.717, 1.165) is 22.3 Å². The van der Waals surface area contributed by atoms with E-state index in [2.05, 4.69) is 15.0 Å². The van der Waals surface area contributed by atoms with E-state index in [4.69, 9.17) is 4.98 Å². The number of pyridine rings is 3. The van der Waals surface area contributed by atoms with Gasteiger partial charge in [0.1, 0.15) is 5.82 Å². The molecule has 33 heavy (non-hydrogen) atoms. The third-order valence-corrected chi connectivity index (χ3v) is 5.94. The monoisotopic (exact) mass is 448 g/mol. The molecule has 168 valence electrons. The molecule has 1 saturated heterocycles. The van der Waals surface area contributed by atoms with Gasteiger partial charge in [-0.05, 0) is 30.3 Å².